The van der Waals surface area contributed by atoms with Crippen molar-refractivity contribution in [3.8, 4) is 22.6 Å². The van der Waals surface area contributed by atoms with E-state index in [0.29, 0.717) is 28.6 Å². The Labute approximate surface area is 145 Å². The highest BCUT2D eigenvalue weighted by atomic mass is 16.5. The number of methoxy groups -OCH3 is 2. The maximum atomic E-state index is 12.9. The zero-order valence-electron chi connectivity index (χ0n) is 14.3. The van der Waals surface area contributed by atoms with Crippen LogP contribution >= 0.6 is 0 Å². The summed E-state index contributed by atoms with van der Waals surface area (Å²) in [7, 11) is 3.06. The van der Waals surface area contributed by atoms with Crippen LogP contribution in [-0.2, 0) is 0 Å². The Morgan fingerprint density at radius 2 is 1.64 bits per heavy atom. The first kappa shape index (κ1) is 16.6. The number of nitrogen functional groups attached to an aromatic ring is 1. The normalized spacial score (nSPS) is 10.5. The van der Waals surface area contributed by atoms with E-state index in [9.17, 15) is 4.79 Å². The van der Waals surface area contributed by atoms with Crippen LogP contribution < -0.4 is 15.2 Å². The fourth-order valence-corrected chi connectivity index (χ4v) is 2.71. The van der Waals surface area contributed by atoms with Crippen LogP contribution in [0.25, 0.3) is 11.1 Å². The number of anilines is 1. The van der Waals surface area contributed by atoms with Gasteiger partial charge in [-0.1, -0.05) is 30.3 Å². The molecule has 0 aliphatic rings. The van der Waals surface area contributed by atoms with Crippen molar-refractivity contribution in [2.75, 3.05) is 20.0 Å². The number of nitrogens with zero attached hydrogens (tertiary/aromatic N) is 2. The van der Waals surface area contributed by atoms with Crippen LogP contribution in [-0.4, -0.2) is 29.9 Å². The Kier molecular flexibility index (Phi) is 4.43. The summed E-state index contributed by atoms with van der Waals surface area (Å²) in [5.41, 5.74) is 8.97. The summed E-state index contributed by atoms with van der Waals surface area (Å²) in [5.74, 6) is 0.998. The summed E-state index contributed by atoms with van der Waals surface area (Å²) >= 11 is 0. The van der Waals surface area contributed by atoms with E-state index in [4.69, 9.17) is 15.2 Å². The van der Waals surface area contributed by atoms with Gasteiger partial charge >= 0.3 is 0 Å². The molecule has 0 fully saturated rings. The van der Waals surface area contributed by atoms with Crippen molar-refractivity contribution >= 4 is 11.7 Å². The third-order valence-corrected chi connectivity index (χ3v) is 3.95. The highest BCUT2D eigenvalue weighted by Gasteiger charge is 2.21. The predicted octanol–water partition coefficient (Wildman–Crippen LogP) is 3.15. The Bertz CT molecular complexity index is 895. The predicted molar refractivity (Wildman–Crippen MR) is 96.1 cm³/mol. The van der Waals surface area contributed by atoms with Gasteiger partial charge in [0.1, 0.15) is 17.3 Å². The third-order valence-electron chi connectivity index (χ3n) is 3.95. The smallest absolute Gasteiger partial charge is 0.280 e. The number of rotatable bonds is 4. The zero-order valence-corrected chi connectivity index (χ0v) is 14.3. The minimum atomic E-state index is -0.347. The molecule has 128 valence electrons. The van der Waals surface area contributed by atoms with Crippen LogP contribution in [0, 0.1) is 6.92 Å². The first-order valence-electron chi connectivity index (χ1n) is 7.73. The Morgan fingerprint density at radius 3 is 2.20 bits per heavy atom. The molecule has 0 saturated heterocycles. The van der Waals surface area contributed by atoms with Crippen molar-refractivity contribution in [2.45, 2.75) is 6.92 Å². The SMILES string of the molecule is COc1cc(OC)cc(C(=O)n2nc(C)c(-c3ccccc3)c2N)c1. The monoisotopic (exact) mass is 337 g/mol. The molecule has 0 unspecified atom stereocenters. The van der Waals surface area contributed by atoms with Gasteiger partial charge in [-0.3, -0.25) is 4.79 Å². The first-order valence-corrected chi connectivity index (χ1v) is 7.73. The maximum absolute atomic E-state index is 12.9. The Hall–Kier alpha value is -3.28. The number of carbonyl (C=O) groups excluding carboxylic acids is 1. The minimum Gasteiger partial charge on any atom is -0.497 e. The molecule has 0 aliphatic carbocycles. The van der Waals surface area contributed by atoms with Crippen molar-refractivity contribution in [1.82, 2.24) is 9.78 Å². The van der Waals surface area contributed by atoms with Crippen LogP contribution in [0.15, 0.2) is 48.5 Å². The van der Waals surface area contributed by atoms with Crippen LogP contribution in [0.5, 0.6) is 11.5 Å². The molecule has 0 saturated carbocycles. The van der Waals surface area contributed by atoms with E-state index in [1.165, 1.54) is 18.9 Å². The molecule has 3 rings (SSSR count). The fourth-order valence-electron chi connectivity index (χ4n) is 2.71. The molecule has 2 aromatic carbocycles. The minimum absolute atomic E-state index is 0.301. The van der Waals surface area contributed by atoms with Crippen molar-refractivity contribution < 1.29 is 14.3 Å². The summed E-state index contributed by atoms with van der Waals surface area (Å²) in [4.78, 5) is 12.9. The molecule has 25 heavy (non-hydrogen) atoms. The topological polar surface area (TPSA) is 79.4 Å². The molecule has 0 radical (unpaired) electrons. The molecule has 0 amide bonds. The van der Waals surface area contributed by atoms with Crippen LogP contribution in [0.4, 0.5) is 5.82 Å². The Morgan fingerprint density at radius 1 is 1.04 bits per heavy atom. The van der Waals surface area contributed by atoms with Gasteiger partial charge in [0, 0.05) is 17.2 Å². The van der Waals surface area contributed by atoms with Crippen molar-refractivity contribution in [1.29, 1.82) is 0 Å². The lowest BCUT2D eigenvalue weighted by Crippen LogP contribution is -2.16. The number of ether oxygens (including phenoxy) is 2. The summed E-state index contributed by atoms with van der Waals surface area (Å²) in [6.45, 7) is 1.83. The van der Waals surface area contributed by atoms with Gasteiger partial charge in [0.05, 0.1) is 19.9 Å². The zero-order chi connectivity index (χ0) is 18.0. The van der Waals surface area contributed by atoms with Gasteiger partial charge in [0.15, 0.2) is 0 Å². The average molecular weight is 337 g/mol. The van der Waals surface area contributed by atoms with E-state index in [0.717, 1.165) is 11.1 Å². The van der Waals surface area contributed by atoms with Crippen molar-refractivity contribution in [3.05, 3.63) is 59.8 Å². The second-order valence-electron chi connectivity index (χ2n) is 5.53. The molecule has 6 heteroatoms. The summed E-state index contributed by atoms with van der Waals surface area (Å²) in [6.07, 6.45) is 0. The molecule has 6 nitrogen and oxygen atoms in total. The second-order valence-corrected chi connectivity index (χ2v) is 5.53. The second kappa shape index (κ2) is 6.68. The van der Waals surface area contributed by atoms with Gasteiger partial charge in [-0.05, 0) is 24.6 Å². The number of nitrogens with two attached hydrogens (primary N) is 1. The standard InChI is InChI=1S/C19H19N3O3/c1-12-17(13-7-5-4-6-8-13)18(20)22(21-12)19(23)14-9-15(24-2)11-16(10-14)25-3/h4-11H,20H2,1-3H3. The van der Waals surface area contributed by atoms with Crippen molar-refractivity contribution in [2.24, 2.45) is 0 Å². The van der Waals surface area contributed by atoms with Crippen LogP contribution in [0.1, 0.15) is 16.1 Å². The maximum Gasteiger partial charge on any atom is 0.280 e. The molecule has 0 bridgehead atoms. The van der Waals surface area contributed by atoms with Gasteiger partial charge in [-0.2, -0.15) is 9.78 Å². The lowest BCUT2D eigenvalue weighted by molar-refractivity contribution is 0.0947. The number of hydrogen-bond donors (Lipinski definition) is 1. The number of benzene rings is 2. The number of carbonyl (C=O) groups is 1. The van der Waals surface area contributed by atoms with Crippen molar-refractivity contribution in [3.63, 3.8) is 0 Å². The first-order chi connectivity index (χ1) is 12.0. The summed E-state index contributed by atoms with van der Waals surface area (Å²) in [6, 6.07) is 14.6. The number of hydrogen-bond acceptors (Lipinski definition) is 5. The quantitative estimate of drug-likeness (QED) is 0.791. The average Bonchev–Trinajstić information content (AvgIpc) is 2.95. The molecular formula is C19H19N3O3. The van der Waals surface area contributed by atoms with Gasteiger partial charge < -0.3 is 15.2 Å². The molecule has 2 N–H and O–H groups in total. The molecule has 3 aromatic rings. The molecule has 0 aliphatic heterocycles. The molecule has 0 spiro atoms. The highest BCUT2D eigenvalue weighted by Crippen LogP contribution is 2.30. The van der Waals surface area contributed by atoms with E-state index < -0.39 is 0 Å². The number of aryl methyl sites for hydroxylation is 1. The highest BCUT2D eigenvalue weighted by molar-refractivity contribution is 5.99. The number of aromatic nitrogens is 2. The fraction of sp³-hybridized carbons (Fsp3) is 0.158. The van der Waals surface area contributed by atoms with Gasteiger partial charge in [-0.25, -0.2) is 0 Å². The van der Waals surface area contributed by atoms with E-state index in [-0.39, 0.29) is 5.91 Å². The lowest BCUT2D eigenvalue weighted by atomic mass is 10.1. The molecule has 1 aromatic heterocycles. The third kappa shape index (κ3) is 3.06. The lowest BCUT2D eigenvalue weighted by Gasteiger charge is -2.09. The van der Waals surface area contributed by atoms with E-state index >= 15 is 0 Å². The van der Waals surface area contributed by atoms with Crippen LogP contribution in [0.2, 0.25) is 0 Å². The van der Waals surface area contributed by atoms with Gasteiger partial charge in [-0.15, -0.1) is 0 Å². The van der Waals surface area contributed by atoms with Gasteiger partial charge in [0.25, 0.3) is 5.91 Å². The Balaban J connectivity index is 2.07. The molecular weight excluding hydrogens is 318 g/mol. The van der Waals surface area contributed by atoms with E-state index in [1.807, 2.05) is 37.3 Å². The summed E-state index contributed by atoms with van der Waals surface area (Å²) in [5, 5.41) is 4.33. The molecule has 0 atom stereocenters. The van der Waals surface area contributed by atoms with E-state index in [1.54, 1.807) is 18.2 Å². The van der Waals surface area contributed by atoms with E-state index in [2.05, 4.69) is 5.10 Å². The van der Waals surface area contributed by atoms with Gasteiger partial charge in [0.2, 0.25) is 0 Å². The summed E-state index contributed by atoms with van der Waals surface area (Å²) < 4.78 is 11.7. The largest absolute Gasteiger partial charge is 0.497 e. The van der Waals surface area contributed by atoms with Crippen LogP contribution in [0.3, 0.4) is 0 Å². The molecule has 1 heterocycles.